The fourth-order valence-electron chi connectivity index (χ4n) is 3.58. The Bertz CT molecular complexity index is 1330. The summed E-state index contributed by atoms with van der Waals surface area (Å²) in [5.41, 5.74) is 1.63. The van der Waals surface area contributed by atoms with Crippen molar-refractivity contribution in [2.75, 3.05) is 36.6 Å². The van der Waals surface area contributed by atoms with Crippen LogP contribution >= 0.6 is 0 Å². The molecule has 0 bridgehead atoms. The van der Waals surface area contributed by atoms with E-state index >= 15 is 0 Å². The second kappa shape index (κ2) is 11.6. The Labute approximate surface area is 211 Å². The minimum absolute atomic E-state index is 0.179. The summed E-state index contributed by atoms with van der Waals surface area (Å²) in [6.45, 7) is 1.33. The van der Waals surface area contributed by atoms with Gasteiger partial charge in [-0.1, -0.05) is 42.5 Å². The van der Waals surface area contributed by atoms with Crippen molar-refractivity contribution in [3.8, 4) is 11.5 Å². The molecule has 3 aromatic rings. The lowest BCUT2D eigenvalue weighted by atomic mass is 10.1. The van der Waals surface area contributed by atoms with Gasteiger partial charge >= 0.3 is 0 Å². The maximum Gasteiger partial charge on any atom is 0.253 e. The molecule has 0 saturated heterocycles. The van der Waals surface area contributed by atoms with E-state index < -0.39 is 22.5 Å². The average molecular weight is 512 g/mol. The molecule has 0 aliphatic heterocycles. The number of amides is 2. The Hall–Kier alpha value is -4.05. The fraction of sp³-hybridized carbons (Fsp3) is 0.231. The number of para-hydroxylation sites is 1. The maximum atomic E-state index is 13.0. The Morgan fingerprint density at radius 2 is 1.61 bits per heavy atom. The zero-order valence-corrected chi connectivity index (χ0v) is 21.3. The second-order valence-electron chi connectivity index (χ2n) is 8.01. The first-order chi connectivity index (χ1) is 17.1. The van der Waals surface area contributed by atoms with Gasteiger partial charge in [0.2, 0.25) is 15.9 Å². The Kier molecular flexibility index (Phi) is 8.55. The van der Waals surface area contributed by atoms with E-state index in [1.54, 1.807) is 30.3 Å². The molecule has 9 nitrogen and oxygen atoms in total. The Morgan fingerprint density at radius 1 is 0.944 bits per heavy atom. The fourth-order valence-corrected chi connectivity index (χ4v) is 4.44. The highest BCUT2D eigenvalue weighted by molar-refractivity contribution is 7.92. The molecule has 190 valence electrons. The number of carbonyl (C=O) groups is 2. The number of anilines is 2. The summed E-state index contributed by atoms with van der Waals surface area (Å²) in [4.78, 5) is 26.0. The summed E-state index contributed by atoms with van der Waals surface area (Å²) in [5.74, 6) is -0.311. The van der Waals surface area contributed by atoms with Crippen molar-refractivity contribution in [2.45, 2.75) is 13.0 Å². The predicted molar refractivity (Wildman–Crippen MR) is 139 cm³/mol. The average Bonchev–Trinajstić information content (AvgIpc) is 2.87. The van der Waals surface area contributed by atoms with Crippen molar-refractivity contribution in [1.29, 1.82) is 0 Å². The topological polar surface area (TPSA) is 114 Å². The number of benzene rings is 3. The van der Waals surface area contributed by atoms with E-state index in [4.69, 9.17) is 9.47 Å². The molecular weight excluding hydrogens is 482 g/mol. The normalized spacial score (nSPS) is 11.8. The molecule has 0 aliphatic carbocycles. The summed E-state index contributed by atoms with van der Waals surface area (Å²) in [6, 6.07) is 20.3. The van der Waals surface area contributed by atoms with Gasteiger partial charge in [-0.25, -0.2) is 8.42 Å². The predicted octanol–water partition coefficient (Wildman–Crippen LogP) is 3.60. The third kappa shape index (κ3) is 6.54. The lowest BCUT2D eigenvalue weighted by Gasteiger charge is -2.24. The highest BCUT2D eigenvalue weighted by Crippen LogP contribution is 2.33. The number of carbonyl (C=O) groups excluding carboxylic acids is 2. The molecule has 2 N–H and O–H groups in total. The van der Waals surface area contributed by atoms with Crippen LogP contribution in [0.5, 0.6) is 11.5 Å². The molecule has 10 heteroatoms. The number of rotatable bonds is 10. The van der Waals surface area contributed by atoms with Crippen molar-refractivity contribution in [3.63, 3.8) is 0 Å². The molecule has 0 spiro atoms. The number of ether oxygens (including phenoxy) is 2. The van der Waals surface area contributed by atoms with Gasteiger partial charge in [-0.05, 0) is 36.8 Å². The van der Waals surface area contributed by atoms with Crippen LogP contribution in [0.1, 0.15) is 28.9 Å². The standard InChI is InChI=1S/C26H29N3O6S/c1-18(19-10-6-5-7-11-19)27-26(31)21-12-8-9-13-22(21)28-25(30)17-29(36(4,32)33)23-15-14-20(34-2)16-24(23)35-3/h5-16,18H,17H2,1-4H3,(H,27,31)(H,28,30). The van der Waals surface area contributed by atoms with Crippen molar-refractivity contribution in [2.24, 2.45) is 0 Å². The van der Waals surface area contributed by atoms with Gasteiger partial charge in [-0.2, -0.15) is 0 Å². The number of sulfonamides is 1. The zero-order valence-electron chi connectivity index (χ0n) is 20.5. The van der Waals surface area contributed by atoms with Crippen LogP contribution in [0.25, 0.3) is 0 Å². The highest BCUT2D eigenvalue weighted by atomic mass is 32.2. The lowest BCUT2D eigenvalue weighted by molar-refractivity contribution is -0.114. The summed E-state index contributed by atoms with van der Waals surface area (Å²) in [7, 11) is -0.989. The summed E-state index contributed by atoms with van der Waals surface area (Å²) in [5, 5.41) is 5.58. The molecule has 0 aromatic heterocycles. The van der Waals surface area contributed by atoms with E-state index in [1.165, 1.54) is 26.4 Å². The third-order valence-electron chi connectivity index (χ3n) is 5.44. The first-order valence-electron chi connectivity index (χ1n) is 11.1. The molecule has 1 atom stereocenters. The van der Waals surface area contributed by atoms with Gasteiger partial charge in [-0.15, -0.1) is 0 Å². The van der Waals surface area contributed by atoms with Gasteiger partial charge in [0, 0.05) is 6.07 Å². The van der Waals surface area contributed by atoms with Crippen LogP contribution in [0, 0.1) is 0 Å². The van der Waals surface area contributed by atoms with Gasteiger partial charge in [0.25, 0.3) is 5.91 Å². The molecule has 0 aliphatic rings. The summed E-state index contributed by atoms with van der Waals surface area (Å²) < 4.78 is 36.5. The minimum Gasteiger partial charge on any atom is -0.497 e. The second-order valence-corrected chi connectivity index (χ2v) is 9.91. The molecule has 0 fully saturated rings. The third-order valence-corrected chi connectivity index (χ3v) is 6.56. The molecule has 3 aromatic carbocycles. The van der Waals surface area contributed by atoms with E-state index in [2.05, 4.69) is 10.6 Å². The molecule has 36 heavy (non-hydrogen) atoms. The molecule has 1 unspecified atom stereocenters. The summed E-state index contributed by atoms with van der Waals surface area (Å²) >= 11 is 0. The van der Waals surface area contributed by atoms with E-state index in [0.29, 0.717) is 5.75 Å². The van der Waals surface area contributed by atoms with Crippen LogP contribution in [0.3, 0.4) is 0 Å². The van der Waals surface area contributed by atoms with E-state index in [0.717, 1.165) is 16.1 Å². The van der Waals surface area contributed by atoms with Crippen LogP contribution in [0.15, 0.2) is 72.8 Å². The maximum absolute atomic E-state index is 13.0. The van der Waals surface area contributed by atoms with Crippen LogP contribution in [-0.4, -0.2) is 47.3 Å². The van der Waals surface area contributed by atoms with Crippen LogP contribution < -0.4 is 24.4 Å². The van der Waals surface area contributed by atoms with E-state index in [-0.39, 0.29) is 34.6 Å². The number of nitrogens with zero attached hydrogens (tertiary/aromatic N) is 1. The highest BCUT2D eigenvalue weighted by Gasteiger charge is 2.25. The van der Waals surface area contributed by atoms with Crippen LogP contribution in [-0.2, 0) is 14.8 Å². The van der Waals surface area contributed by atoms with Crippen LogP contribution in [0.4, 0.5) is 11.4 Å². The largest absolute Gasteiger partial charge is 0.497 e. The minimum atomic E-state index is -3.86. The molecule has 3 rings (SSSR count). The first-order valence-corrected chi connectivity index (χ1v) is 12.9. The van der Waals surface area contributed by atoms with Gasteiger partial charge in [0.1, 0.15) is 18.0 Å². The van der Waals surface area contributed by atoms with Crippen molar-refractivity contribution in [1.82, 2.24) is 5.32 Å². The monoisotopic (exact) mass is 511 g/mol. The summed E-state index contributed by atoms with van der Waals surface area (Å²) in [6.07, 6.45) is 0.996. The molecule has 0 saturated carbocycles. The van der Waals surface area contributed by atoms with Crippen molar-refractivity contribution in [3.05, 3.63) is 83.9 Å². The van der Waals surface area contributed by atoms with Gasteiger partial charge in [0.15, 0.2) is 0 Å². The van der Waals surface area contributed by atoms with Crippen molar-refractivity contribution >= 4 is 33.2 Å². The first kappa shape index (κ1) is 26.6. The van der Waals surface area contributed by atoms with Crippen LogP contribution in [0.2, 0.25) is 0 Å². The van der Waals surface area contributed by atoms with Gasteiger partial charge in [0.05, 0.1) is 43.5 Å². The van der Waals surface area contributed by atoms with E-state index in [9.17, 15) is 18.0 Å². The molecular formula is C26H29N3O6S. The Balaban J connectivity index is 1.81. The van der Waals surface area contributed by atoms with Gasteiger partial charge in [-0.3, -0.25) is 13.9 Å². The SMILES string of the molecule is COc1ccc(N(CC(=O)Nc2ccccc2C(=O)NC(C)c2ccccc2)S(C)(=O)=O)c(OC)c1. The van der Waals surface area contributed by atoms with Gasteiger partial charge < -0.3 is 20.1 Å². The zero-order chi connectivity index (χ0) is 26.3. The number of hydrogen-bond acceptors (Lipinski definition) is 6. The quantitative estimate of drug-likeness (QED) is 0.430. The van der Waals surface area contributed by atoms with Crippen molar-refractivity contribution < 1.29 is 27.5 Å². The Morgan fingerprint density at radius 3 is 2.25 bits per heavy atom. The number of methoxy groups -OCH3 is 2. The molecule has 0 heterocycles. The number of nitrogens with one attached hydrogen (secondary N) is 2. The van der Waals surface area contributed by atoms with E-state index in [1.807, 2.05) is 37.3 Å². The smallest absolute Gasteiger partial charge is 0.253 e. The molecule has 0 radical (unpaired) electrons. The molecule has 2 amide bonds. The lowest BCUT2D eigenvalue weighted by Crippen LogP contribution is -2.38. The number of hydrogen-bond donors (Lipinski definition) is 2.